The molecule has 8 heteroatoms. The largest absolute Gasteiger partial charge is 0.339 e. The van der Waals surface area contributed by atoms with Gasteiger partial charge in [-0.1, -0.05) is 11.2 Å². The molecule has 3 heterocycles. The molecule has 1 aliphatic heterocycles. The third-order valence-corrected chi connectivity index (χ3v) is 4.56. The minimum atomic E-state index is -1.04. The predicted octanol–water partition coefficient (Wildman–Crippen LogP) is 3.43. The molecular weight excluding hydrogens is 354 g/mol. The molecule has 0 spiro atoms. The molecule has 0 radical (unpaired) electrons. The smallest absolute Gasteiger partial charge is 0.253 e. The lowest BCUT2D eigenvalue weighted by Gasteiger charge is -2.31. The maximum Gasteiger partial charge on any atom is 0.253 e. The zero-order chi connectivity index (χ0) is 18.8. The van der Waals surface area contributed by atoms with Gasteiger partial charge in [0.1, 0.15) is 5.69 Å². The van der Waals surface area contributed by atoms with Crippen LogP contribution in [-0.2, 0) is 0 Å². The molecule has 138 valence electrons. The van der Waals surface area contributed by atoms with E-state index in [0.29, 0.717) is 30.5 Å². The normalized spacial score (nSPS) is 17.1. The van der Waals surface area contributed by atoms with E-state index in [4.69, 9.17) is 4.52 Å². The summed E-state index contributed by atoms with van der Waals surface area (Å²) in [5.41, 5.74) is 0.729. The van der Waals surface area contributed by atoms with E-state index in [1.165, 1.54) is 6.07 Å². The van der Waals surface area contributed by atoms with E-state index in [0.717, 1.165) is 25.0 Å². The zero-order valence-electron chi connectivity index (χ0n) is 14.3. The molecule has 1 saturated heterocycles. The Hall–Kier alpha value is -3.16. The molecule has 6 nitrogen and oxygen atoms in total. The predicted molar refractivity (Wildman–Crippen MR) is 91.8 cm³/mol. The fourth-order valence-corrected chi connectivity index (χ4v) is 3.18. The Balaban J connectivity index is 1.50. The number of hydrogen-bond acceptors (Lipinski definition) is 5. The van der Waals surface area contributed by atoms with Crippen LogP contribution in [0.2, 0.25) is 0 Å². The molecule has 1 atom stereocenters. The molecule has 0 saturated carbocycles. The average Bonchev–Trinajstić information content (AvgIpc) is 3.21. The number of pyridine rings is 1. The summed E-state index contributed by atoms with van der Waals surface area (Å²) in [7, 11) is 0. The molecular formula is C19H16F2N4O2. The molecule has 1 aromatic carbocycles. The van der Waals surface area contributed by atoms with E-state index in [1.807, 2.05) is 6.07 Å². The number of likely N-dealkylation sites (tertiary alicyclic amines) is 1. The van der Waals surface area contributed by atoms with E-state index < -0.39 is 11.6 Å². The number of amides is 1. The number of nitrogens with zero attached hydrogens (tertiary/aromatic N) is 4. The summed E-state index contributed by atoms with van der Waals surface area (Å²) in [4.78, 5) is 22.8. The number of piperidine rings is 1. The fraction of sp³-hybridized carbons (Fsp3) is 0.263. The van der Waals surface area contributed by atoms with Crippen LogP contribution in [0.15, 0.2) is 47.1 Å². The molecule has 2 aromatic heterocycles. The molecule has 0 unspecified atom stereocenters. The van der Waals surface area contributed by atoms with E-state index >= 15 is 0 Å². The molecule has 0 N–H and O–H groups in total. The second kappa shape index (κ2) is 7.22. The highest BCUT2D eigenvalue weighted by atomic mass is 19.2. The lowest BCUT2D eigenvalue weighted by Crippen LogP contribution is -2.39. The van der Waals surface area contributed by atoms with Crippen LogP contribution in [0.3, 0.4) is 0 Å². The second-order valence-corrected chi connectivity index (χ2v) is 6.39. The monoisotopic (exact) mass is 370 g/mol. The molecule has 1 aliphatic rings. The van der Waals surface area contributed by atoms with Gasteiger partial charge in [0, 0.05) is 24.8 Å². The fourth-order valence-electron chi connectivity index (χ4n) is 3.18. The number of carbonyl (C=O) groups excluding carboxylic acids is 1. The van der Waals surface area contributed by atoms with Crippen molar-refractivity contribution in [2.24, 2.45) is 0 Å². The van der Waals surface area contributed by atoms with Crippen LogP contribution in [0.5, 0.6) is 0 Å². The highest BCUT2D eigenvalue weighted by Crippen LogP contribution is 2.28. The number of hydrogen-bond donors (Lipinski definition) is 0. The van der Waals surface area contributed by atoms with Crippen LogP contribution >= 0.6 is 0 Å². The van der Waals surface area contributed by atoms with Crippen molar-refractivity contribution in [3.05, 3.63) is 65.7 Å². The topological polar surface area (TPSA) is 72.1 Å². The van der Waals surface area contributed by atoms with Crippen molar-refractivity contribution in [2.45, 2.75) is 18.8 Å². The highest BCUT2D eigenvalue weighted by molar-refractivity contribution is 5.94. The van der Waals surface area contributed by atoms with Gasteiger partial charge in [0.15, 0.2) is 11.6 Å². The third-order valence-electron chi connectivity index (χ3n) is 4.56. The van der Waals surface area contributed by atoms with Gasteiger partial charge >= 0.3 is 0 Å². The van der Waals surface area contributed by atoms with Crippen molar-refractivity contribution in [3.63, 3.8) is 0 Å². The van der Waals surface area contributed by atoms with Gasteiger partial charge in [0.25, 0.3) is 5.91 Å². The van der Waals surface area contributed by atoms with Crippen LogP contribution in [0.1, 0.15) is 35.0 Å². The third kappa shape index (κ3) is 3.55. The van der Waals surface area contributed by atoms with Crippen LogP contribution in [0, 0.1) is 11.6 Å². The SMILES string of the molecule is O=C(c1ccc(F)c(F)c1)N1CCC[C@H](c2nc(-c3ccccn3)no2)C1. The molecule has 1 fully saturated rings. The van der Waals surface area contributed by atoms with Crippen molar-refractivity contribution in [2.75, 3.05) is 13.1 Å². The Bertz CT molecular complexity index is 961. The van der Waals surface area contributed by atoms with Gasteiger partial charge in [-0.25, -0.2) is 8.78 Å². The van der Waals surface area contributed by atoms with Crippen LogP contribution in [0.4, 0.5) is 8.78 Å². The molecule has 27 heavy (non-hydrogen) atoms. The van der Waals surface area contributed by atoms with Gasteiger partial charge in [-0.05, 0) is 43.2 Å². The average molecular weight is 370 g/mol. The summed E-state index contributed by atoms with van der Waals surface area (Å²) in [5, 5.41) is 3.97. The maximum atomic E-state index is 13.4. The van der Waals surface area contributed by atoms with E-state index in [-0.39, 0.29) is 17.4 Å². The number of carbonyl (C=O) groups is 1. The second-order valence-electron chi connectivity index (χ2n) is 6.39. The first-order chi connectivity index (χ1) is 13.1. The van der Waals surface area contributed by atoms with Crippen molar-refractivity contribution < 1.29 is 18.1 Å². The van der Waals surface area contributed by atoms with E-state index in [1.54, 1.807) is 23.2 Å². The first-order valence-corrected chi connectivity index (χ1v) is 8.61. The van der Waals surface area contributed by atoms with E-state index in [9.17, 15) is 13.6 Å². The number of aromatic nitrogens is 3. The number of benzene rings is 1. The van der Waals surface area contributed by atoms with Crippen LogP contribution in [0.25, 0.3) is 11.5 Å². The lowest BCUT2D eigenvalue weighted by molar-refractivity contribution is 0.0695. The number of rotatable bonds is 3. The molecule has 0 bridgehead atoms. The van der Waals surface area contributed by atoms with Gasteiger partial charge in [-0.15, -0.1) is 0 Å². The summed E-state index contributed by atoms with van der Waals surface area (Å²) in [6.07, 6.45) is 3.20. The number of halogens is 2. The Morgan fingerprint density at radius 3 is 2.85 bits per heavy atom. The van der Waals surface area contributed by atoms with Crippen molar-refractivity contribution in [1.82, 2.24) is 20.0 Å². The van der Waals surface area contributed by atoms with Crippen LogP contribution in [-0.4, -0.2) is 39.0 Å². The molecule has 4 rings (SSSR count). The molecule has 0 aliphatic carbocycles. The van der Waals surface area contributed by atoms with Gasteiger partial charge in [-0.2, -0.15) is 4.98 Å². The Morgan fingerprint density at radius 2 is 2.07 bits per heavy atom. The van der Waals surface area contributed by atoms with Gasteiger partial charge in [0.2, 0.25) is 11.7 Å². The summed E-state index contributed by atoms with van der Waals surface area (Å²) < 4.78 is 31.9. The van der Waals surface area contributed by atoms with Crippen molar-refractivity contribution in [1.29, 1.82) is 0 Å². The summed E-state index contributed by atoms with van der Waals surface area (Å²) in [6.45, 7) is 0.914. The van der Waals surface area contributed by atoms with E-state index in [2.05, 4.69) is 15.1 Å². The van der Waals surface area contributed by atoms with Crippen LogP contribution < -0.4 is 0 Å². The highest BCUT2D eigenvalue weighted by Gasteiger charge is 2.29. The minimum absolute atomic E-state index is 0.113. The summed E-state index contributed by atoms with van der Waals surface area (Å²) >= 11 is 0. The first-order valence-electron chi connectivity index (χ1n) is 8.61. The summed E-state index contributed by atoms with van der Waals surface area (Å²) in [6, 6.07) is 8.59. The lowest BCUT2D eigenvalue weighted by atomic mass is 9.97. The van der Waals surface area contributed by atoms with Crippen molar-refractivity contribution in [3.8, 4) is 11.5 Å². The molecule has 3 aromatic rings. The van der Waals surface area contributed by atoms with Crippen molar-refractivity contribution >= 4 is 5.91 Å². The Labute approximate surface area is 153 Å². The zero-order valence-corrected chi connectivity index (χ0v) is 14.3. The van der Waals surface area contributed by atoms with Gasteiger partial charge < -0.3 is 9.42 Å². The first kappa shape index (κ1) is 17.3. The Kier molecular flexibility index (Phi) is 4.62. The van der Waals surface area contributed by atoms with Gasteiger partial charge in [-0.3, -0.25) is 9.78 Å². The Morgan fingerprint density at radius 1 is 1.19 bits per heavy atom. The standard InChI is InChI=1S/C19H16F2N4O2/c20-14-7-6-12(10-15(14)21)19(26)25-9-3-4-13(11-25)18-23-17(24-27-18)16-5-1-2-8-22-16/h1-2,5-8,10,13H,3-4,9,11H2/t13-/m0/s1. The van der Waals surface area contributed by atoms with Gasteiger partial charge in [0.05, 0.1) is 5.92 Å². The summed E-state index contributed by atoms with van der Waals surface area (Å²) in [5.74, 6) is -1.63. The quantitative estimate of drug-likeness (QED) is 0.706. The maximum absolute atomic E-state index is 13.4. The minimum Gasteiger partial charge on any atom is -0.339 e. The molecule has 1 amide bonds.